The maximum atomic E-state index is 6.12. The molecule has 0 atom stereocenters. The van der Waals surface area contributed by atoms with Gasteiger partial charge in [0.15, 0.2) is 0 Å². The predicted octanol–water partition coefficient (Wildman–Crippen LogP) is 6.37. The lowest BCUT2D eigenvalue weighted by Gasteiger charge is -2.13. The van der Waals surface area contributed by atoms with Gasteiger partial charge in [-0.25, -0.2) is 4.99 Å². The highest BCUT2D eigenvalue weighted by Gasteiger charge is 2.07. The number of hydrogen-bond acceptors (Lipinski definition) is 2. The maximum absolute atomic E-state index is 6.12. The Bertz CT molecular complexity index is 915. The second kappa shape index (κ2) is 8.54. The number of rotatable bonds is 6. The monoisotopic (exact) mass is 358 g/mol. The Morgan fingerprint density at radius 1 is 0.889 bits per heavy atom. The van der Waals surface area contributed by atoms with E-state index in [2.05, 4.69) is 62.2 Å². The van der Waals surface area contributed by atoms with Crippen LogP contribution < -0.4 is 4.74 Å². The summed E-state index contributed by atoms with van der Waals surface area (Å²) in [5.74, 6) is 1.70. The van der Waals surface area contributed by atoms with Crippen molar-refractivity contribution in [1.82, 2.24) is 4.90 Å². The molecule has 0 unspecified atom stereocenters. The molecule has 0 aliphatic rings. The lowest BCUT2D eigenvalue weighted by atomic mass is 10.1. The molecule has 0 aromatic heterocycles. The fourth-order valence-electron chi connectivity index (χ4n) is 2.74. The Labute approximate surface area is 162 Å². The number of aliphatic imine (C=N–C) groups is 1. The van der Waals surface area contributed by atoms with Gasteiger partial charge >= 0.3 is 0 Å². The molecule has 0 spiro atoms. The van der Waals surface area contributed by atoms with Crippen LogP contribution in [0.3, 0.4) is 0 Å². The van der Waals surface area contributed by atoms with E-state index in [1.165, 1.54) is 11.1 Å². The standard InChI is InChI=1S/C24H26N2O/c1-5-26(4)17-25-23-15-19(3)24(16-18(23)2)27-22-13-11-21(12-14-22)20-9-7-6-8-10-20/h6-17H,5H2,1-4H3. The molecule has 0 N–H and O–H groups in total. The first-order chi connectivity index (χ1) is 13.1. The van der Waals surface area contributed by atoms with E-state index in [4.69, 9.17) is 4.74 Å². The van der Waals surface area contributed by atoms with Crippen LogP contribution in [0.15, 0.2) is 71.7 Å². The molecule has 0 aliphatic carbocycles. The summed E-state index contributed by atoms with van der Waals surface area (Å²) in [6.07, 6.45) is 1.87. The average molecular weight is 358 g/mol. The van der Waals surface area contributed by atoms with Crippen LogP contribution in [0.2, 0.25) is 0 Å². The summed E-state index contributed by atoms with van der Waals surface area (Å²) in [7, 11) is 2.02. The molecular formula is C24H26N2O. The molecule has 3 aromatic carbocycles. The van der Waals surface area contributed by atoms with Crippen molar-refractivity contribution in [3.8, 4) is 22.6 Å². The minimum absolute atomic E-state index is 0.833. The van der Waals surface area contributed by atoms with E-state index in [1.807, 2.05) is 48.6 Å². The first kappa shape index (κ1) is 18.7. The third kappa shape index (κ3) is 4.76. The molecule has 3 nitrogen and oxygen atoms in total. The zero-order chi connectivity index (χ0) is 19.2. The van der Waals surface area contributed by atoms with Crippen molar-refractivity contribution in [2.45, 2.75) is 20.8 Å². The number of aryl methyl sites for hydroxylation is 2. The quantitative estimate of drug-likeness (QED) is 0.377. The second-order valence-electron chi connectivity index (χ2n) is 6.71. The van der Waals surface area contributed by atoms with Crippen molar-refractivity contribution < 1.29 is 4.74 Å². The van der Waals surface area contributed by atoms with Gasteiger partial charge in [0.1, 0.15) is 11.5 Å². The summed E-state index contributed by atoms with van der Waals surface area (Å²) in [6, 6.07) is 22.7. The molecule has 0 bridgehead atoms. The van der Waals surface area contributed by atoms with Gasteiger partial charge in [-0.3, -0.25) is 0 Å². The van der Waals surface area contributed by atoms with Gasteiger partial charge in [-0.05, 0) is 67.3 Å². The Kier molecular flexibility index (Phi) is 5.92. The largest absolute Gasteiger partial charge is 0.457 e. The molecule has 138 valence electrons. The third-order valence-electron chi connectivity index (χ3n) is 4.58. The van der Waals surface area contributed by atoms with Crippen LogP contribution in [0, 0.1) is 13.8 Å². The van der Waals surface area contributed by atoms with Gasteiger partial charge in [-0.2, -0.15) is 0 Å². The van der Waals surface area contributed by atoms with Crippen LogP contribution >= 0.6 is 0 Å². The van der Waals surface area contributed by atoms with Crippen LogP contribution in [-0.4, -0.2) is 24.8 Å². The minimum atomic E-state index is 0.833. The van der Waals surface area contributed by atoms with Gasteiger partial charge in [0.25, 0.3) is 0 Å². The molecule has 0 radical (unpaired) electrons. The summed E-state index contributed by atoms with van der Waals surface area (Å²) in [5, 5.41) is 0. The fourth-order valence-corrected chi connectivity index (χ4v) is 2.74. The van der Waals surface area contributed by atoms with Gasteiger partial charge in [-0.15, -0.1) is 0 Å². The minimum Gasteiger partial charge on any atom is -0.457 e. The summed E-state index contributed by atoms with van der Waals surface area (Å²) in [4.78, 5) is 6.63. The summed E-state index contributed by atoms with van der Waals surface area (Å²) in [6.45, 7) is 7.14. The summed E-state index contributed by atoms with van der Waals surface area (Å²) >= 11 is 0. The van der Waals surface area contributed by atoms with Gasteiger partial charge in [-0.1, -0.05) is 42.5 Å². The van der Waals surface area contributed by atoms with Crippen molar-refractivity contribution in [3.05, 3.63) is 77.9 Å². The maximum Gasteiger partial charge on any atom is 0.130 e. The van der Waals surface area contributed by atoms with Gasteiger partial charge in [0.05, 0.1) is 12.0 Å². The molecule has 0 heterocycles. The molecule has 0 saturated heterocycles. The molecule has 0 amide bonds. The molecule has 3 aromatic rings. The fraction of sp³-hybridized carbons (Fsp3) is 0.208. The van der Waals surface area contributed by atoms with E-state index in [0.717, 1.165) is 34.9 Å². The van der Waals surface area contributed by atoms with E-state index >= 15 is 0 Å². The number of hydrogen-bond donors (Lipinski definition) is 0. The van der Waals surface area contributed by atoms with Crippen molar-refractivity contribution in [1.29, 1.82) is 0 Å². The Hall–Kier alpha value is -3.07. The average Bonchev–Trinajstić information content (AvgIpc) is 2.70. The molecule has 27 heavy (non-hydrogen) atoms. The number of ether oxygens (including phenoxy) is 1. The molecule has 0 aliphatic heterocycles. The highest BCUT2D eigenvalue weighted by atomic mass is 16.5. The molecule has 3 rings (SSSR count). The summed E-state index contributed by atoms with van der Waals surface area (Å²) in [5.41, 5.74) is 5.52. The van der Waals surface area contributed by atoms with Crippen LogP contribution in [0.25, 0.3) is 11.1 Å². The highest BCUT2D eigenvalue weighted by Crippen LogP contribution is 2.32. The zero-order valence-electron chi connectivity index (χ0n) is 16.4. The Balaban J connectivity index is 1.77. The summed E-state index contributed by atoms with van der Waals surface area (Å²) < 4.78 is 6.12. The van der Waals surface area contributed by atoms with E-state index < -0.39 is 0 Å². The van der Waals surface area contributed by atoms with Gasteiger partial charge < -0.3 is 9.64 Å². The van der Waals surface area contributed by atoms with E-state index in [9.17, 15) is 0 Å². The molecule has 3 heteroatoms. The van der Waals surface area contributed by atoms with Crippen LogP contribution in [0.1, 0.15) is 18.1 Å². The van der Waals surface area contributed by atoms with Crippen molar-refractivity contribution >= 4 is 12.0 Å². The highest BCUT2D eigenvalue weighted by molar-refractivity contribution is 5.65. The SMILES string of the molecule is CCN(C)C=Nc1cc(C)c(Oc2ccc(-c3ccccc3)cc2)cc1C. The Morgan fingerprint density at radius 2 is 1.56 bits per heavy atom. The molecular weight excluding hydrogens is 332 g/mol. The van der Waals surface area contributed by atoms with Crippen LogP contribution in [-0.2, 0) is 0 Å². The Morgan fingerprint density at radius 3 is 2.22 bits per heavy atom. The lowest BCUT2D eigenvalue weighted by molar-refractivity contribution is 0.478. The van der Waals surface area contributed by atoms with Crippen molar-refractivity contribution in [2.24, 2.45) is 4.99 Å². The van der Waals surface area contributed by atoms with E-state index in [-0.39, 0.29) is 0 Å². The van der Waals surface area contributed by atoms with Crippen LogP contribution in [0.4, 0.5) is 5.69 Å². The normalized spacial score (nSPS) is 11.0. The van der Waals surface area contributed by atoms with Gasteiger partial charge in [0, 0.05) is 13.6 Å². The van der Waals surface area contributed by atoms with E-state index in [0.29, 0.717) is 0 Å². The van der Waals surface area contributed by atoms with E-state index in [1.54, 1.807) is 0 Å². The van der Waals surface area contributed by atoms with Crippen molar-refractivity contribution in [3.63, 3.8) is 0 Å². The topological polar surface area (TPSA) is 24.8 Å². The second-order valence-corrected chi connectivity index (χ2v) is 6.71. The smallest absolute Gasteiger partial charge is 0.130 e. The van der Waals surface area contributed by atoms with Gasteiger partial charge in [0.2, 0.25) is 0 Å². The van der Waals surface area contributed by atoms with Crippen molar-refractivity contribution in [2.75, 3.05) is 13.6 Å². The predicted molar refractivity (Wildman–Crippen MR) is 114 cm³/mol. The first-order valence-corrected chi connectivity index (χ1v) is 9.26. The zero-order valence-corrected chi connectivity index (χ0v) is 16.4. The number of nitrogens with zero attached hydrogens (tertiary/aromatic N) is 2. The number of benzene rings is 3. The third-order valence-corrected chi connectivity index (χ3v) is 4.58. The first-order valence-electron chi connectivity index (χ1n) is 9.26. The molecule has 0 saturated carbocycles. The lowest BCUT2D eigenvalue weighted by Crippen LogP contribution is -2.14. The molecule has 0 fully saturated rings. The van der Waals surface area contributed by atoms with Crippen LogP contribution in [0.5, 0.6) is 11.5 Å².